The maximum Gasteiger partial charge on any atom is 0.138 e. The van der Waals surface area contributed by atoms with Crippen molar-refractivity contribution in [3.8, 4) is 0 Å². The van der Waals surface area contributed by atoms with Crippen LogP contribution in [-0.4, -0.2) is 27.4 Å². The van der Waals surface area contributed by atoms with Gasteiger partial charge in [0.2, 0.25) is 0 Å². The van der Waals surface area contributed by atoms with E-state index in [4.69, 9.17) is 0 Å². The molecule has 1 heterocycles. The van der Waals surface area contributed by atoms with Gasteiger partial charge in [-0.2, -0.15) is 5.10 Å². The van der Waals surface area contributed by atoms with Crippen molar-refractivity contribution < 1.29 is 4.39 Å². The highest BCUT2D eigenvalue weighted by atomic mass is 19.1. The SMILES string of the molecule is Cn1ncnc1CC(CNC1CC1)Cc1cccc(F)c1. The van der Waals surface area contributed by atoms with Crippen LogP contribution in [0.1, 0.15) is 24.2 Å². The fourth-order valence-electron chi connectivity index (χ4n) is 2.60. The molecule has 1 unspecified atom stereocenters. The van der Waals surface area contributed by atoms with Gasteiger partial charge in [-0.3, -0.25) is 4.68 Å². The quantitative estimate of drug-likeness (QED) is 0.848. The fourth-order valence-corrected chi connectivity index (χ4v) is 2.60. The molecule has 21 heavy (non-hydrogen) atoms. The second-order valence-electron chi connectivity index (χ2n) is 5.89. The van der Waals surface area contributed by atoms with Crippen LogP contribution in [0.3, 0.4) is 0 Å². The van der Waals surface area contributed by atoms with Gasteiger partial charge < -0.3 is 5.32 Å². The van der Waals surface area contributed by atoms with Crippen molar-refractivity contribution in [3.05, 3.63) is 47.8 Å². The highest BCUT2D eigenvalue weighted by Crippen LogP contribution is 2.20. The third-order valence-corrected chi connectivity index (χ3v) is 3.96. The molecular weight excluding hydrogens is 267 g/mol. The summed E-state index contributed by atoms with van der Waals surface area (Å²) >= 11 is 0. The second-order valence-corrected chi connectivity index (χ2v) is 5.89. The molecule has 1 aliphatic carbocycles. The zero-order valence-electron chi connectivity index (χ0n) is 12.3. The Bertz CT molecular complexity index is 591. The molecule has 1 N–H and O–H groups in total. The van der Waals surface area contributed by atoms with E-state index in [1.807, 2.05) is 17.8 Å². The molecule has 1 atom stereocenters. The Balaban J connectivity index is 1.67. The van der Waals surface area contributed by atoms with Crippen LogP contribution in [-0.2, 0) is 19.9 Å². The van der Waals surface area contributed by atoms with Crippen LogP contribution >= 0.6 is 0 Å². The summed E-state index contributed by atoms with van der Waals surface area (Å²) in [5.41, 5.74) is 1.04. The molecule has 1 aromatic carbocycles. The summed E-state index contributed by atoms with van der Waals surface area (Å²) in [5, 5.41) is 7.70. The van der Waals surface area contributed by atoms with Crippen molar-refractivity contribution in [2.45, 2.75) is 31.7 Å². The third-order valence-electron chi connectivity index (χ3n) is 3.96. The summed E-state index contributed by atoms with van der Waals surface area (Å²) < 4.78 is 15.2. The van der Waals surface area contributed by atoms with Gasteiger partial charge in [-0.25, -0.2) is 9.37 Å². The summed E-state index contributed by atoms with van der Waals surface area (Å²) in [7, 11) is 1.91. The molecular formula is C16H21FN4. The lowest BCUT2D eigenvalue weighted by molar-refractivity contribution is 0.450. The van der Waals surface area contributed by atoms with Crippen LogP contribution in [0.15, 0.2) is 30.6 Å². The highest BCUT2D eigenvalue weighted by molar-refractivity contribution is 5.17. The molecule has 1 aliphatic rings. The molecule has 1 aromatic heterocycles. The van der Waals surface area contributed by atoms with E-state index >= 15 is 0 Å². The normalized spacial score (nSPS) is 16.1. The number of benzene rings is 1. The summed E-state index contributed by atoms with van der Waals surface area (Å²) in [5.74, 6) is 1.21. The lowest BCUT2D eigenvalue weighted by Crippen LogP contribution is -2.28. The van der Waals surface area contributed by atoms with Gasteiger partial charge in [-0.15, -0.1) is 0 Å². The van der Waals surface area contributed by atoms with Gasteiger partial charge >= 0.3 is 0 Å². The van der Waals surface area contributed by atoms with E-state index in [1.165, 1.54) is 18.9 Å². The number of halogens is 1. The Morgan fingerprint density at radius 2 is 2.24 bits per heavy atom. The lowest BCUT2D eigenvalue weighted by Gasteiger charge is -2.17. The van der Waals surface area contributed by atoms with Crippen molar-refractivity contribution >= 4 is 0 Å². The van der Waals surface area contributed by atoms with Gasteiger partial charge in [0.15, 0.2) is 0 Å². The summed E-state index contributed by atoms with van der Waals surface area (Å²) in [6.45, 7) is 0.939. The maximum absolute atomic E-state index is 13.3. The van der Waals surface area contributed by atoms with E-state index < -0.39 is 0 Å². The van der Waals surface area contributed by atoms with E-state index in [1.54, 1.807) is 18.5 Å². The van der Waals surface area contributed by atoms with E-state index in [9.17, 15) is 4.39 Å². The van der Waals surface area contributed by atoms with Gasteiger partial charge in [0.1, 0.15) is 18.0 Å². The number of aryl methyl sites for hydroxylation is 1. The van der Waals surface area contributed by atoms with E-state index in [0.717, 1.165) is 30.8 Å². The first-order valence-electron chi connectivity index (χ1n) is 7.51. The Kier molecular flexibility index (Phi) is 4.29. The Hall–Kier alpha value is -1.75. The van der Waals surface area contributed by atoms with E-state index in [-0.39, 0.29) is 5.82 Å². The topological polar surface area (TPSA) is 42.7 Å². The molecule has 0 amide bonds. The van der Waals surface area contributed by atoms with Crippen LogP contribution in [0.4, 0.5) is 4.39 Å². The van der Waals surface area contributed by atoms with E-state index in [2.05, 4.69) is 15.4 Å². The predicted molar refractivity (Wildman–Crippen MR) is 79.3 cm³/mol. The molecule has 1 fully saturated rings. The molecule has 0 spiro atoms. The monoisotopic (exact) mass is 288 g/mol. The molecule has 0 radical (unpaired) electrons. The number of aromatic nitrogens is 3. The molecule has 3 rings (SSSR count). The summed E-state index contributed by atoms with van der Waals surface area (Å²) in [4.78, 5) is 4.31. The number of rotatable bonds is 7. The largest absolute Gasteiger partial charge is 0.314 e. The number of hydrogen-bond acceptors (Lipinski definition) is 3. The second kappa shape index (κ2) is 6.35. The zero-order chi connectivity index (χ0) is 14.7. The summed E-state index contributed by atoms with van der Waals surface area (Å²) in [6.07, 6.45) is 5.84. The van der Waals surface area contributed by atoms with Crippen molar-refractivity contribution in [2.24, 2.45) is 13.0 Å². The van der Waals surface area contributed by atoms with Crippen LogP contribution < -0.4 is 5.32 Å². The van der Waals surface area contributed by atoms with Gasteiger partial charge in [-0.1, -0.05) is 12.1 Å². The van der Waals surface area contributed by atoms with Crippen molar-refractivity contribution in [1.82, 2.24) is 20.1 Å². The maximum atomic E-state index is 13.3. The van der Waals surface area contributed by atoms with Crippen molar-refractivity contribution in [2.75, 3.05) is 6.54 Å². The first-order valence-corrected chi connectivity index (χ1v) is 7.51. The highest BCUT2D eigenvalue weighted by Gasteiger charge is 2.22. The average Bonchev–Trinajstić information content (AvgIpc) is 3.20. The van der Waals surface area contributed by atoms with Crippen molar-refractivity contribution in [3.63, 3.8) is 0 Å². The number of nitrogens with one attached hydrogen (secondary N) is 1. The lowest BCUT2D eigenvalue weighted by atomic mass is 9.95. The minimum absolute atomic E-state index is 0.167. The van der Waals surface area contributed by atoms with Gasteiger partial charge in [-0.05, 0) is 49.4 Å². The standard InChI is InChI=1S/C16H21FN4/c1-21-16(19-11-20-21)9-13(10-18-15-5-6-15)7-12-3-2-4-14(17)8-12/h2-4,8,11,13,15,18H,5-7,9-10H2,1H3. The average molecular weight is 288 g/mol. The van der Waals surface area contributed by atoms with Crippen molar-refractivity contribution in [1.29, 1.82) is 0 Å². The van der Waals surface area contributed by atoms with Crippen LogP contribution in [0.25, 0.3) is 0 Å². The minimum atomic E-state index is -0.167. The first kappa shape index (κ1) is 14.2. The molecule has 0 aliphatic heterocycles. The van der Waals surface area contributed by atoms with Gasteiger partial charge in [0.05, 0.1) is 0 Å². The molecule has 0 bridgehead atoms. The Morgan fingerprint density at radius 1 is 1.38 bits per heavy atom. The van der Waals surface area contributed by atoms with Gasteiger partial charge in [0.25, 0.3) is 0 Å². The molecule has 112 valence electrons. The first-order chi connectivity index (χ1) is 10.2. The molecule has 0 saturated heterocycles. The van der Waals surface area contributed by atoms with Crippen LogP contribution in [0.5, 0.6) is 0 Å². The Labute approximate surface area is 124 Å². The fraction of sp³-hybridized carbons (Fsp3) is 0.500. The summed E-state index contributed by atoms with van der Waals surface area (Å²) in [6, 6.07) is 7.56. The van der Waals surface area contributed by atoms with Crippen LogP contribution in [0, 0.1) is 11.7 Å². The van der Waals surface area contributed by atoms with E-state index in [0.29, 0.717) is 12.0 Å². The zero-order valence-corrected chi connectivity index (χ0v) is 12.3. The molecule has 2 aromatic rings. The number of hydrogen-bond donors (Lipinski definition) is 1. The smallest absolute Gasteiger partial charge is 0.138 e. The number of nitrogens with zero attached hydrogens (tertiary/aromatic N) is 3. The molecule has 5 heteroatoms. The Morgan fingerprint density at radius 3 is 2.90 bits per heavy atom. The molecule has 1 saturated carbocycles. The predicted octanol–water partition coefficient (Wildman–Crippen LogP) is 2.11. The third kappa shape index (κ3) is 4.11. The van der Waals surface area contributed by atoms with Crippen LogP contribution in [0.2, 0.25) is 0 Å². The molecule has 4 nitrogen and oxygen atoms in total. The minimum Gasteiger partial charge on any atom is -0.314 e. The van der Waals surface area contributed by atoms with Gasteiger partial charge in [0, 0.05) is 19.5 Å².